The molecule has 1 aromatic carbocycles. The fraction of sp³-hybridized carbons (Fsp3) is 0.500. The largest absolute Gasteiger partial charge is 0.427 e. The molecule has 0 radical (unpaired) electrons. The third-order valence-electron chi connectivity index (χ3n) is 5.30. The van der Waals surface area contributed by atoms with Gasteiger partial charge in [-0.2, -0.15) is 0 Å². The summed E-state index contributed by atoms with van der Waals surface area (Å²) < 4.78 is 5.31. The second-order valence-electron chi connectivity index (χ2n) is 7.88. The number of carbonyl (C=O) groups excluding carboxylic acids is 2. The first-order chi connectivity index (χ1) is 14.3. The van der Waals surface area contributed by atoms with E-state index in [1.165, 1.54) is 0 Å². The van der Waals surface area contributed by atoms with Crippen molar-refractivity contribution in [2.75, 3.05) is 6.54 Å². The van der Waals surface area contributed by atoms with E-state index in [4.69, 9.17) is 14.7 Å². The molecule has 2 atom stereocenters. The summed E-state index contributed by atoms with van der Waals surface area (Å²) >= 11 is 7.79. The molecule has 1 aromatic rings. The summed E-state index contributed by atoms with van der Waals surface area (Å²) in [6.07, 6.45) is 3.33. The maximum absolute atomic E-state index is 13.4. The van der Waals surface area contributed by atoms with Crippen LogP contribution in [0.2, 0.25) is 5.02 Å². The fourth-order valence-corrected chi connectivity index (χ4v) is 4.39. The molecule has 2 aliphatic heterocycles. The molecule has 3 rings (SSSR count). The van der Waals surface area contributed by atoms with Gasteiger partial charge in [0.2, 0.25) is 11.8 Å². The number of allylic oxidation sites excluding steroid dienone is 1. The molecule has 30 heavy (non-hydrogen) atoms. The minimum atomic E-state index is -0.476. The molecule has 0 aliphatic carbocycles. The van der Waals surface area contributed by atoms with Gasteiger partial charge in [0.1, 0.15) is 17.8 Å². The molecule has 0 unspecified atom stereocenters. The maximum atomic E-state index is 13.4. The Balaban J connectivity index is 1.68. The van der Waals surface area contributed by atoms with Gasteiger partial charge in [-0.05, 0) is 31.7 Å². The summed E-state index contributed by atoms with van der Waals surface area (Å²) in [5.41, 5.74) is 7.78. The lowest BCUT2D eigenvalue weighted by atomic mass is 10.0. The second-order valence-corrected chi connectivity index (χ2v) is 8.76. The van der Waals surface area contributed by atoms with Crippen molar-refractivity contribution < 1.29 is 12.7 Å². The Kier molecular flexibility index (Phi) is 7.70. The first kappa shape index (κ1) is 23.0. The van der Waals surface area contributed by atoms with Gasteiger partial charge < -0.3 is 18.7 Å². The van der Waals surface area contributed by atoms with Crippen LogP contribution in [0.5, 0.6) is 5.75 Å². The van der Waals surface area contributed by atoms with E-state index in [0.717, 1.165) is 17.7 Å². The van der Waals surface area contributed by atoms with E-state index in [0.29, 0.717) is 30.3 Å². The number of hydrogen-bond donors (Lipinski definition) is 3. The van der Waals surface area contributed by atoms with Crippen LogP contribution in [0.1, 0.15) is 39.2 Å². The Hall–Kier alpha value is -1.72. The van der Waals surface area contributed by atoms with Crippen LogP contribution in [0.15, 0.2) is 30.1 Å². The number of halogens is 2. The van der Waals surface area contributed by atoms with Crippen molar-refractivity contribution in [1.82, 2.24) is 26.2 Å². The SMILES string of the molecule is CC1=CN([C@H](C(=O)N2CCC[C@H]2C(=O)NCc2ccc(Cl)cc2OI)C(C)C)NN1. The zero-order chi connectivity index (χ0) is 21.8. The predicted molar refractivity (Wildman–Crippen MR) is 123 cm³/mol. The Labute approximate surface area is 196 Å². The number of carbonyl (C=O) groups is 2. The smallest absolute Gasteiger partial charge is 0.247 e. The minimum absolute atomic E-state index is 0.0503. The van der Waals surface area contributed by atoms with Crippen molar-refractivity contribution in [3.8, 4) is 5.75 Å². The summed E-state index contributed by atoms with van der Waals surface area (Å²) in [4.78, 5) is 28.0. The van der Waals surface area contributed by atoms with Gasteiger partial charge in [0.25, 0.3) is 0 Å². The minimum Gasteiger partial charge on any atom is -0.427 e. The highest BCUT2D eigenvalue weighted by atomic mass is 127. The van der Waals surface area contributed by atoms with E-state index in [9.17, 15) is 9.59 Å². The van der Waals surface area contributed by atoms with Crippen LogP contribution in [0.3, 0.4) is 0 Å². The van der Waals surface area contributed by atoms with Crippen molar-refractivity contribution >= 4 is 46.4 Å². The molecule has 2 aliphatic rings. The zero-order valence-corrected chi connectivity index (χ0v) is 20.2. The summed E-state index contributed by atoms with van der Waals surface area (Å²) in [5.74, 6) is 0.468. The van der Waals surface area contributed by atoms with Crippen molar-refractivity contribution in [2.45, 2.75) is 52.2 Å². The van der Waals surface area contributed by atoms with Crippen LogP contribution in [0.4, 0.5) is 0 Å². The van der Waals surface area contributed by atoms with Crippen molar-refractivity contribution in [3.63, 3.8) is 0 Å². The van der Waals surface area contributed by atoms with Gasteiger partial charge in [0, 0.05) is 41.6 Å². The van der Waals surface area contributed by atoms with E-state index < -0.39 is 12.1 Å². The second kappa shape index (κ2) is 10.1. The molecule has 2 heterocycles. The Morgan fingerprint density at radius 1 is 1.40 bits per heavy atom. The molecule has 3 N–H and O–H groups in total. The molecule has 2 amide bonds. The third kappa shape index (κ3) is 5.12. The number of benzene rings is 1. The summed E-state index contributed by atoms with van der Waals surface area (Å²) in [5, 5.41) is 5.30. The van der Waals surface area contributed by atoms with Gasteiger partial charge in [-0.3, -0.25) is 14.6 Å². The van der Waals surface area contributed by atoms with E-state index in [1.807, 2.05) is 33.0 Å². The molecule has 0 aromatic heterocycles. The maximum Gasteiger partial charge on any atom is 0.247 e. The standard InChI is InChI=1S/C20H27ClIN5O3/c1-12(2)18(27-11-13(3)24-25-27)20(29)26-8-4-5-16(26)19(28)23-10-14-6-7-15(21)9-17(14)30-22/h6-7,9,11-12,16,18,24-25H,4-5,8,10H2,1-3H3,(H,23,28)/t16-,18-/m0/s1. The highest BCUT2D eigenvalue weighted by Gasteiger charge is 2.40. The average molecular weight is 548 g/mol. The number of nitrogens with one attached hydrogen (secondary N) is 3. The van der Waals surface area contributed by atoms with Gasteiger partial charge in [0.05, 0.1) is 0 Å². The lowest BCUT2D eigenvalue weighted by molar-refractivity contribution is -0.144. The molecule has 164 valence electrons. The highest BCUT2D eigenvalue weighted by Crippen LogP contribution is 2.26. The predicted octanol–water partition coefficient (Wildman–Crippen LogP) is 2.89. The van der Waals surface area contributed by atoms with E-state index in [2.05, 4.69) is 16.3 Å². The monoisotopic (exact) mass is 547 g/mol. The highest BCUT2D eigenvalue weighted by molar-refractivity contribution is 14.1. The first-order valence-corrected chi connectivity index (χ1v) is 11.2. The van der Waals surface area contributed by atoms with Gasteiger partial charge in [-0.1, -0.05) is 31.5 Å². The van der Waals surface area contributed by atoms with Crippen LogP contribution in [-0.2, 0) is 16.1 Å². The van der Waals surface area contributed by atoms with E-state index in [1.54, 1.807) is 45.0 Å². The van der Waals surface area contributed by atoms with Crippen LogP contribution < -0.4 is 19.3 Å². The topological polar surface area (TPSA) is 85.9 Å². The van der Waals surface area contributed by atoms with Gasteiger partial charge in [-0.25, -0.2) is 0 Å². The number of amides is 2. The van der Waals surface area contributed by atoms with E-state index in [-0.39, 0.29) is 17.7 Å². The molecular weight excluding hydrogens is 521 g/mol. The molecule has 10 heteroatoms. The average Bonchev–Trinajstić information content (AvgIpc) is 3.35. The van der Waals surface area contributed by atoms with Crippen molar-refractivity contribution in [1.29, 1.82) is 0 Å². The molecule has 1 saturated heterocycles. The van der Waals surface area contributed by atoms with Gasteiger partial charge in [-0.15, -0.1) is 5.53 Å². The Morgan fingerprint density at radius 2 is 2.17 bits per heavy atom. The zero-order valence-electron chi connectivity index (χ0n) is 17.2. The summed E-state index contributed by atoms with van der Waals surface area (Å²) in [6, 6.07) is 4.41. The van der Waals surface area contributed by atoms with Gasteiger partial charge in [0.15, 0.2) is 23.0 Å². The van der Waals surface area contributed by atoms with Crippen molar-refractivity contribution in [2.24, 2.45) is 5.92 Å². The van der Waals surface area contributed by atoms with E-state index >= 15 is 0 Å². The first-order valence-electron chi connectivity index (χ1n) is 9.95. The summed E-state index contributed by atoms with van der Waals surface area (Å²) in [6.45, 7) is 6.81. The summed E-state index contributed by atoms with van der Waals surface area (Å²) in [7, 11) is 0. The number of likely N-dealkylation sites (tertiary alicyclic amines) is 1. The fourth-order valence-electron chi connectivity index (χ4n) is 3.82. The molecule has 1 fully saturated rings. The number of hydrazine groups is 2. The molecule has 0 spiro atoms. The number of hydrogen-bond acceptors (Lipinski definition) is 6. The van der Waals surface area contributed by atoms with Crippen LogP contribution >= 0.6 is 34.6 Å². The quantitative estimate of drug-likeness (QED) is 0.455. The lowest BCUT2D eigenvalue weighted by Crippen LogP contribution is -2.57. The normalized spacial score (nSPS) is 19.5. The third-order valence-corrected chi connectivity index (χ3v) is 6.01. The molecule has 8 nitrogen and oxygen atoms in total. The Morgan fingerprint density at radius 3 is 2.80 bits per heavy atom. The number of nitrogens with zero attached hydrogens (tertiary/aromatic N) is 2. The number of rotatable bonds is 7. The van der Waals surface area contributed by atoms with Gasteiger partial charge >= 0.3 is 0 Å². The van der Waals surface area contributed by atoms with Crippen LogP contribution in [0.25, 0.3) is 0 Å². The Bertz CT molecular complexity index is 835. The molecule has 0 saturated carbocycles. The van der Waals surface area contributed by atoms with Crippen LogP contribution in [0, 0.1) is 5.92 Å². The molecular formula is C20H27ClIN5O3. The molecule has 0 bridgehead atoms. The van der Waals surface area contributed by atoms with Crippen molar-refractivity contribution in [3.05, 3.63) is 40.7 Å². The van der Waals surface area contributed by atoms with Crippen LogP contribution in [-0.4, -0.2) is 40.4 Å². The lowest BCUT2D eigenvalue weighted by Gasteiger charge is -2.34.